The van der Waals surface area contributed by atoms with Crippen LogP contribution in [-0.4, -0.2) is 9.97 Å². The fourth-order valence-electron chi connectivity index (χ4n) is 0.958. The van der Waals surface area contributed by atoms with Crippen molar-refractivity contribution in [3.63, 3.8) is 0 Å². The van der Waals surface area contributed by atoms with Gasteiger partial charge in [0.2, 0.25) is 0 Å². The lowest BCUT2D eigenvalue weighted by Gasteiger charge is -1.77. The summed E-state index contributed by atoms with van der Waals surface area (Å²) in [6, 6.07) is 7.75. The van der Waals surface area contributed by atoms with E-state index in [1.807, 2.05) is 37.4 Å². The molecule has 0 fully saturated rings. The van der Waals surface area contributed by atoms with Gasteiger partial charge in [-0.3, -0.25) is 4.98 Å². The maximum Gasteiger partial charge on any atom is 0.0489 e. The Morgan fingerprint density at radius 1 is 1.29 bits per heavy atom. The van der Waals surface area contributed by atoms with E-state index in [1.54, 1.807) is 12.4 Å². The third kappa shape index (κ3) is 4.10. The first-order valence-corrected chi connectivity index (χ1v) is 4.91. The zero-order valence-electron chi connectivity index (χ0n) is 8.07. The van der Waals surface area contributed by atoms with Gasteiger partial charge in [-0.2, -0.15) is 0 Å². The van der Waals surface area contributed by atoms with Gasteiger partial charge in [0.1, 0.15) is 0 Å². The predicted molar refractivity (Wildman–Crippen MR) is 59.3 cm³/mol. The topological polar surface area (TPSA) is 28.7 Å². The number of halogens is 1. The van der Waals surface area contributed by atoms with Crippen molar-refractivity contribution in [2.45, 2.75) is 12.8 Å². The van der Waals surface area contributed by atoms with Crippen LogP contribution < -0.4 is 0 Å². The molecule has 0 amide bonds. The third-order valence-corrected chi connectivity index (χ3v) is 1.92. The number of aromatic amines is 1. The van der Waals surface area contributed by atoms with Crippen molar-refractivity contribution in [2.24, 2.45) is 0 Å². The molecule has 14 heavy (non-hydrogen) atoms. The van der Waals surface area contributed by atoms with Crippen LogP contribution in [0.25, 0.3) is 0 Å². The van der Waals surface area contributed by atoms with Crippen LogP contribution in [0.4, 0.5) is 0 Å². The van der Waals surface area contributed by atoms with E-state index in [1.165, 1.54) is 5.69 Å². The molecule has 2 rings (SSSR count). The molecule has 0 atom stereocenters. The monoisotopic (exact) mass is 208 g/mol. The molecule has 0 saturated carbocycles. The number of alkyl halides is 1. The van der Waals surface area contributed by atoms with Gasteiger partial charge in [-0.1, -0.05) is 6.07 Å². The van der Waals surface area contributed by atoms with Gasteiger partial charge < -0.3 is 4.98 Å². The van der Waals surface area contributed by atoms with Crippen molar-refractivity contribution >= 4 is 11.6 Å². The van der Waals surface area contributed by atoms with Gasteiger partial charge in [-0.15, -0.1) is 11.6 Å². The van der Waals surface area contributed by atoms with Crippen molar-refractivity contribution in [3.8, 4) is 0 Å². The van der Waals surface area contributed by atoms with E-state index in [2.05, 4.69) is 9.97 Å². The Balaban J connectivity index is 0.000000146. The molecule has 0 spiro atoms. The van der Waals surface area contributed by atoms with Gasteiger partial charge in [-0.25, -0.2) is 0 Å². The first kappa shape index (κ1) is 10.8. The van der Waals surface area contributed by atoms with E-state index in [9.17, 15) is 0 Å². The van der Waals surface area contributed by atoms with E-state index >= 15 is 0 Å². The summed E-state index contributed by atoms with van der Waals surface area (Å²) in [6.45, 7) is 2.01. The molecule has 0 bridgehead atoms. The zero-order chi connectivity index (χ0) is 10.2. The average molecular weight is 209 g/mol. The van der Waals surface area contributed by atoms with Gasteiger partial charge >= 0.3 is 0 Å². The second-order valence-corrected chi connectivity index (χ2v) is 3.12. The standard InChI is InChI=1S/C6H8ClN.C5H5N/c1-5-2-6(3-7)4-8-5;1-2-4-6-5-3-1/h2,4,8H,3H2,1H3;1-5H. The highest BCUT2D eigenvalue weighted by molar-refractivity contribution is 6.17. The largest absolute Gasteiger partial charge is 0.365 e. The third-order valence-electron chi connectivity index (χ3n) is 1.61. The Labute approximate surface area is 89.0 Å². The summed E-state index contributed by atoms with van der Waals surface area (Å²) in [4.78, 5) is 6.82. The molecule has 2 aromatic heterocycles. The summed E-state index contributed by atoms with van der Waals surface area (Å²) in [5, 5.41) is 0. The highest BCUT2D eigenvalue weighted by atomic mass is 35.5. The van der Waals surface area contributed by atoms with Crippen LogP contribution in [0, 0.1) is 6.92 Å². The van der Waals surface area contributed by atoms with Crippen LogP contribution in [0.15, 0.2) is 42.9 Å². The molecule has 0 saturated heterocycles. The number of aromatic nitrogens is 2. The first-order chi connectivity index (χ1) is 6.83. The molecule has 0 aliphatic rings. The Morgan fingerprint density at radius 2 is 2.00 bits per heavy atom. The summed E-state index contributed by atoms with van der Waals surface area (Å²) in [6.07, 6.45) is 5.42. The number of pyridine rings is 1. The molecular weight excluding hydrogens is 196 g/mol. The Hall–Kier alpha value is -1.28. The number of nitrogens with one attached hydrogen (secondary N) is 1. The molecule has 74 valence electrons. The van der Waals surface area contributed by atoms with Crippen LogP contribution in [0.5, 0.6) is 0 Å². The molecular formula is C11H13ClN2. The van der Waals surface area contributed by atoms with Crippen molar-refractivity contribution in [3.05, 3.63) is 54.1 Å². The molecule has 2 nitrogen and oxygen atoms in total. The maximum absolute atomic E-state index is 5.52. The van der Waals surface area contributed by atoms with Crippen LogP contribution in [0.3, 0.4) is 0 Å². The number of hydrogen-bond acceptors (Lipinski definition) is 1. The molecule has 0 unspecified atom stereocenters. The first-order valence-electron chi connectivity index (χ1n) is 4.38. The Kier molecular flexibility index (Phi) is 4.79. The predicted octanol–water partition coefficient (Wildman–Crippen LogP) is 3.14. The lowest BCUT2D eigenvalue weighted by molar-refractivity contribution is 1.26. The fraction of sp³-hybridized carbons (Fsp3) is 0.182. The number of H-pyrrole nitrogens is 1. The minimum absolute atomic E-state index is 0.602. The number of hydrogen-bond donors (Lipinski definition) is 1. The van der Waals surface area contributed by atoms with E-state index < -0.39 is 0 Å². The molecule has 3 heteroatoms. The normalized spacial score (nSPS) is 9.00. The van der Waals surface area contributed by atoms with Crippen LogP contribution in [0.1, 0.15) is 11.3 Å². The summed E-state index contributed by atoms with van der Waals surface area (Å²) in [5.74, 6) is 0.602. The number of aryl methyl sites for hydroxylation is 1. The lowest BCUT2D eigenvalue weighted by Crippen LogP contribution is -1.64. The van der Waals surface area contributed by atoms with Crippen molar-refractivity contribution in [2.75, 3.05) is 0 Å². The van der Waals surface area contributed by atoms with Gasteiger partial charge in [0.05, 0.1) is 0 Å². The van der Waals surface area contributed by atoms with E-state index in [4.69, 9.17) is 11.6 Å². The number of rotatable bonds is 1. The summed E-state index contributed by atoms with van der Waals surface area (Å²) in [5.41, 5.74) is 2.32. The highest BCUT2D eigenvalue weighted by Crippen LogP contribution is 2.03. The molecule has 0 aliphatic heterocycles. The summed E-state index contributed by atoms with van der Waals surface area (Å²) >= 11 is 5.52. The van der Waals surface area contributed by atoms with Gasteiger partial charge in [0.25, 0.3) is 0 Å². The smallest absolute Gasteiger partial charge is 0.0489 e. The Morgan fingerprint density at radius 3 is 2.21 bits per heavy atom. The molecule has 1 N–H and O–H groups in total. The van der Waals surface area contributed by atoms with E-state index in [-0.39, 0.29) is 0 Å². The second kappa shape index (κ2) is 6.22. The second-order valence-electron chi connectivity index (χ2n) is 2.85. The molecule has 0 aliphatic carbocycles. The van der Waals surface area contributed by atoms with Crippen molar-refractivity contribution in [1.29, 1.82) is 0 Å². The average Bonchev–Trinajstić information content (AvgIpc) is 2.68. The minimum atomic E-state index is 0.602. The summed E-state index contributed by atoms with van der Waals surface area (Å²) < 4.78 is 0. The van der Waals surface area contributed by atoms with Crippen molar-refractivity contribution in [1.82, 2.24) is 9.97 Å². The van der Waals surface area contributed by atoms with E-state index in [0.717, 1.165) is 5.56 Å². The lowest BCUT2D eigenvalue weighted by atomic mass is 10.3. The van der Waals surface area contributed by atoms with Crippen LogP contribution in [-0.2, 0) is 5.88 Å². The fourth-order valence-corrected chi connectivity index (χ4v) is 1.11. The quantitative estimate of drug-likeness (QED) is 0.717. The molecule has 2 heterocycles. The molecule has 0 radical (unpaired) electrons. The molecule has 0 aromatic carbocycles. The Bertz CT molecular complexity index is 316. The van der Waals surface area contributed by atoms with Gasteiger partial charge in [0.15, 0.2) is 0 Å². The summed E-state index contributed by atoms with van der Waals surface area (Å²) in [7, 11) is 0. The van der Waals surface area contributed by atoms with E-state index in [0.29, 0.717) is 5.88 Å². The molecule has 2 aromatic rings. The number of nitrogens with zero attached hydrogens (tertiary/aromatic N) is 1. The van der Waals surface area contributed by atoms with Crippen molar-refractivity contribution < 1.29 is 0 Å². The zero-order valence-corrected chi connectivity index (χ0v) is 8.83. The highest BCUT2D eigenvalue weighted by Gasteiger charge is 1.89. The minimum Gasteiger partial charge on any atom is -0.365 e. The maximum atomic E-state index is 5.52. The van der Waals surface area contributed by atoms with Crippen LogP contribution >= 0.6 is 11.6 Å². The van der Waals surface area contributed by atoms with Gasteiger partial charge in [0, 0.05) is 30.2 Å². The van der Waals surface area contributed by atoms with Gasteiger partial charge in [-0.05, 0) is 30.7 Å². The SMILES string of the molecule is Cc1cc(CCl)c[nH]1.c1ccncc1. The van der Waals surface area contributed by atoms with Crippen LogP contribution in [0.2, 0.25) is 0 Å².